The van der Waals surface area contributed by atoms with Gasteiger partial charge in [0.15, 0.2) is 6.04 Å². The number of amides is 3. The van der Waals surface area contributed by atoms with Crippen molar-refractivity contribution in [3.63, 3.8) is 0 Å². The monoisotopic (exact) mass is 503 g/mol. The van der Waals surface area contributed by atoms with Crippen LogP contribution in [0.1, 0.15) is 71.9 Å². The number of hydrogen-bond donors (Lipinski definition) is 3. The molecule has 200 valence electrons. The van der Waals surface area contributed by atoms with Crippen LogP contribution in [0, 0.1) is 11.8 Å². The molecule has 1 aliphatic rings. The van der Waals surface area contributed by atoms with Gasteiger partial charge in [0.25, 0.3) is 0 Å². The molecular weight excluding hydrogens is 464 g/mol. The van der Waals surface area contributed by atoms with Gasteiger partial charge in [0.05, 0.1) is 6.61 Å². The molecule has 1 fully saturated rings. The van der Waals surface area contributed by atoms with Gasteiger partial charge in [-0.2, -0.15) is 0 Å². The molecule has 0 aliphatic carbocycles. The van der Waals surface area contributed by atoms with E-state index >= 15 is 0 Å². The fourth-order valence-electron chi connectivity index (χ4n) is 3.79. The maximum Gasteiger partial charge on any atom is 0.408 e. The van der Waals surface area contributed by atoms with Gasteiger partial charge in [-0.25, -0.2) is 9.59 Å². The Labute approximate surface area is 213 Å². The number of carbonyl (C=O) groups excluding carboxylic acids is 2. The summed E-state index contributed by atoms with van der Waals surface area (Å²) in [5.41, 5.74) is -0.317. The third-order valence-corrected chi connectivity index (χ3v) is 5.83. The molecule has 1 heterocycles. The van der Waals surface area contributed by atoms with E-state index in [9.17, 15) is 24.9 Å². The van der Waals surface area contributed by atoms with Gasteiger partial charge >= 0.3 is 12.1 Å². The maximum absolute atomic E-state index is 12.2. The Balaban J connectivity index is 1.73. The molecule has 1 aliphatic heterocycles. The number of carbonyl (C=O) groups is 3. The van der Waals surface area contributed by atoms with Gasteiger partial charge in [0.1, 0.15) is 11.4 Å². The van der Waals surface area contributed by atoms with Crippen molar-refractivity contribution in [3.05, 3.63) is 35.2 Å². The van der Waals surface area contributed by atoms with Crippen molar-refractivity contribution < 1.29 is 29.0 Å². The summed E-state index contributed by atoms with van der Waals surface area (Å²) in [5, 5.41) is 24.2. The molecule has 0 aromatic heterocycles. The molecular formula is C26H39N4O6-. The fraction of sp³-hybridized carbons (Fsp3) is 0.615. The number of carboxylic acid groups (broad SMARTS) is 1. The summed E-state index contributed by atoms with van der Waals surface area (Å²) in [4.78, 5) is 37.6. The number of hydrogen-bond acceptors (Lipinski definition) is 5. The van der Waals surface area contributed by atoms with E-state index in [1.165, 1.54) is 0 Å². The molecule has 0 saturated carbocycles. The van der Waals surface area contributed by atoms with Gasteiger partial charge in [-0.15, -0.1) is 0 Å². The van der Waals surface area contributed by atoms with Crippen LogP contribution in [0.5, 0.6) is 5.75 Å². The van der Waals surface area contributed by atoms with Crippen LogP contribution in [0.4, 0.5) is 9.59 Å². The van der Waals surface area contributed by atoms with Gasteiger partial charge in [-0.05, 0) is 76.0 Å². The first-order valence-electron chi connectivity index (χ1n) is 12.4. The number of nitrogens with one attached hydrogen (secondary N) is 2. The summed E-state index contributed by atoms with van der Waals surface area (Å²) < 4.78 is 10.9. The highest BCUT2D eigenvalue weighted by molar-refractivity contribution is 6.00. The minimum absolute atomic E-state index is 0.00918. The summed E-state index contributed by atoms with van der Waals surface area (Å²) in [5.74, 6) is -0.181. The zero-order valence-electron chi connectivity index (χ0n) is 21.9. The number of ether oxygens (including phenoxy) is 2. The number of carboxylic acids is 1. The first kappa shape index (κ1) is 28.9. The number of urea groups is 1. The van der Waals surface area contributed by atoms with E-state index in [1.54, 1.807) is 49.9 Å². The zero-order chi connectivity index (χ0) is 26.9. The van der Waals surface area contributed by atoms with Crippen molar-refractivity contribution in [2.24, 2.45) is 11.8 Å². The Morgan fingerprint density at radius 1 is 1.14 bits per heavy atom. The van der Waals surface area contributed by atoms with E-state index in [-0.39, 0.29) is 17.8 Å². The molecule has 0 spiro atoms. The fourth-order valence-corrected chi connectivity index (χ4v) is 3.79. The molecule has 10 heteroatoms. The van der Waals surface area contributed by atoms with Crippen LogP contribution in [0.3, 0.4) is 0 Å². The molecule has 0 radical (unpaired) electrons. The normalized spacial score (nSPS) is 15.2. The van der Waals surface area contributed by atoms with Gasteiger partial charge in [0.2, 0.25) is 6.03 Å². The Morgan fingerprint density at radius 2 is 1.75 bits per heavy atom. The Morgan fingerprint density at radius 3 is 2.28 bits per heavy atom. The van der Waals surface area contributed by atoms with Gasteiger partial charge < -0.3 is 35.5 Å². The summed E-state index contributed by atoms with van der Waals surface area (Å²) in [6, 6.07) is 5.11. The Kier molecular flexibility index (Phi) is 10.6. The summed E-state index contributed by atoms with van der Waals surface area (Å²) in [6.07, 6.45) is 2.86. The third kappa shape index (κ3) is 9.75. The van der Waals surface area contributed by atoms with Crippen LogP contribution >= 0.6 is 0 Å². The van der Waals surface area contributed by atoms with E-state index < -0.39 is 23.7 Å². The lowest BCUT2D eigenvalue weighted by atomic mass is 9.92. The molecule has 1 saturated heterocycles. The molecule has 1 aromatic rings. The number of benzene rings is 1. The van der Waals surface area contributed by atoms with Gasteiger partial charge in [0, 0.05) is 13.1 Å². The number of alkyl carbamates (subject to hydrolysis) is 1. The molecule has 3 N–H and O–H groups in total. The van der Waals surface area contributed by atoms with Crippen LogP contribution < -0.4 is 15.4 Å². The molecule has 36 heavy (non-hydrogen) atoms. The SMILES string of the molecule is CC(C)C(=[N-])NC(=O)N1CCC(CCCOc2ccc(C(NC(=O)OC(C)(C)C)C(=O)O)cc2)CC1. The standard InChI is InChI=1S/C26H39N4O6/c1-17(2)22(27)29-24(33)30-14-12-18(13-15-30)7-6-16-35-20-10-8-19(9-11-20)21(23(31)32)28-25(34)36-26(3,4)5/h8-11,17-18,21H,6-7,12-16H2,1-5H3,(H3-,27,28,29,31,32,33,34)/q-1. The highest BCUT2D eigenvalue weighted by Crippen LogP contribution is 2.23. The minimum Gasteiger partial charge on any atom is -0.494 e. The third-order valence-electron chi connectivity index (χ3n) is 5.83. The summed E-state index contributed by atoms with van der Waals surface area (Å²) >= 11 is 0. The number of likely N-dealkylation sites (tertiary alicyclic amines) is 1. The van der Waals surface area contributed by atoms with Crippen molar-refractivity contribution in [2.75, 3.05) is 19.7 Å². The lowest BCUT2D eigenvalue weighted by molar-refractivity contribution is -0.139. The molecule has 1 aromatic carbocycles. The summed E-state index contributed by atoms with van der Waals surface area (Å²) in [6.45, 7) is 10.6. The highest BCUT2D eigenvalue weighted by Gasteiger charge is 2.25. The molecule has 10 nitrogen and oxygen atoms in total. The van der Waals surface area contributed by atoms with Crippen molar-refractivity contribution >= 4 is 23.9 Å². The number of amidine groups is 1. The van der Waals surface area contributed by atoms with Gasteiger partial charge in [-0.3, -0.25) is 4.79 Å². The van der Waals surface area contributed by atoms with E-state index in [0.717, 1.165) is 25.7 Å². The second-order valence-corrected chi connectivity index (χ2v) is 10.4. The zero-order valence-corrected chi connectivity index (χ0v) is 21.9. The highest BCUT2D eigenvalue weighted by atomic mass is 16.6. The Bertz CT molecular complexity index is 902. The Hall–Kier alpha value is -3.30. The number of rotatable bonds is 9. The topological polar surface area (TPSA) is 140 Å². The predicted octanol–water partition coefficient (Wildman–Crippen LogP) is 4.54. The van der Waals surface area contributed by atoms with Gasteiger partial charge in [-0.1, -0.05) is 31.8 Å². The van der Waals surface area contributed by atoms with Crippen LogP contribution in [-0.4, -0.2) is 59.2 Å². The second kappa shape index (κ2) is 13.1. The first-order valence-corrected chi connectivity index (χ1v) is 12.4. The maximum atomic E-state index is 12.2. The van der Waals surface area contributed by atoms with Crippen molar-refractivity contribution in [3.8, 4) is 5.75 Å². The van der Waals surface area contributed by atoms with Crippen LogP contribution in [0.2, 0.25) is 0 Å². The molecule has 1 unspecified atom stereocenters. The number of piperidine rings is 1. The second-order valence-electron chi connectivity index (χ2n) is 10.4. The van der Waals surface area contributed by atoms with Crippen molar-refractivity contribution in [1.82, 2.24) is 15.5 Å². The minimum atomic E-state index is -1.23. The molecule has 1 atom stereocenters. The quantitative estimate of drug-likeness (QED) is 0.257. The number of nitrogens with zero attached hydrogens (tertiary/aromatic N) is 2. The average molecular weight is 504 g/mol. The largest absolute Gasteiger partial charge is 0.494 e. The molecule has 2 rings (SSSR count). The van der Waals surface area contributed by atoms with E-state index in [4.69, 9.17) is 9.47 Å². The number of aliphatic carboxylic acids is 1. The van der Waals surface area contributed by atoms with E-state index in [2.05, 4.69) is 10.6 Å². The average Bonchev–Trinajstić information content (AvgIpc) is 2.79. The smallest absolute Gasteiger partial charge is 0.408 e. The van der Waals surface area contributed by atoms with Crippen LogP contribution in [0.25, 0.3) is 5.41 Å². The molecule has 0 bridgehead atoms. The predicted molar refractivity (Wildman–Crippen MR) is 137 cm³/mol. The lowest BCUT2D eigenvalue weighted by Crippen LogP contribution is -2.47. The van der Waals surface area contributed by atoms with Crippen LogP contribution in [-0.2, 0) is 9.53 Å². The van der Waals surface area contributed by atoms with Crippen molar-refractivity contribution in [2.45, 2.75) is 71.9 Å². The van der Waals surface area contributed by atoms with Crippen LogP contribution in [0.15, 0.2) is 24.3 Å². The first-order chi connectivity index (χ1) is 16.9. The van der Waals surface area contributed by atoms with E-state index in [0.29, 0.717) is 36.9 Å². The molecule has 3 amide bonds. The lowest BCUT2D eigenvalue weighted by Gasteiger charge is -2.35. The van der Waals surface area contributed by atoms with E-state index in [1.807, 2.05) is 13.8 Å². The van der Waals surface area contributed by atoms with Crippen molar-refractivity contribution in [1.29, 1.82) is 0 Å². The summed E-state index contributed by atoms with van der Waals surface area (Å²) in [7, 11) is 0.